The predicted octanol–water partition coefficient (Wildman–Crippen LogP) is 2.11. The Morgan fingerprint density at radius 2 is 1.54 bits per heavy atom. The summed E-state index contributed by atoms with van der Waals surface area (Å²) in [4.78, 5) is 9.00. The molecule has 4 N–H and O–H groups in total. The third-order valence-corrected chi connectivity index (χ3v) is 1.22. The van der Waals surface area contributed by atoms with E-state index in [2.05, 4.69) is 30.7 Å². The second kappa shape index (κ2) is 10.5. The highest BCUT2D eigenvalue weighted by Gasteiger charge is 1.86. The van der Waals surface area contributed by atoms with Crippen molar-refractivity contribution in [2.24, 2.45) is 11.5 Å². The minimum Gasteiger partial charge on any atom is -0.352 e. The molecule has 0 aromatic heterocycles. The van der Waals surface area contributed by atoms with Crippen LogP contribution in [-0.4, -0.2) is 6.03 Å². The first-order valence-electron chi connectivity index (χ1n) is 3.99. The van der Waals surface area contributed by atoms with Crippen molar-refractivity contribution < 1.29 is 4.79 Å². The molecule has 0 saturated carbocycles. The van der Waals surface area contributed by atoms with Crippen molar-refractivity contribution >= 4 is 6.03 Å². The van der Waals surface area contributed by atoms with Gasteiger partial charge in [-0.05, 0) is 19.8 Å². The van der Waals surface area contributed by atoms with Crippen LogP contribution in [0.3, 0.4) is 0 Å². The van der Waals surface area contributed by atoms with E-state index in [1.165, 1.54) is 5.57 Å². The van der Waals surface area contributed by atoms with E-state index >= 15 is 0 Å². The lowest BCUT2D eigenvalue weighted by molar-refractivity contribution is 0.256. The molecule has 2 amide bonds. The molecular weight excluding hydrogens is 164 g/mol. The molecule has 0 aliphatic heterocycles. The van der Waals surface area contributed by atoms with Crippen LogP contribution >= 0.6 is 0 Å². The van der Waals surface area contributed by atoms with E-state index in [1.807, 2.05) is 19.1 Å². The lowest BCUT2D eigenvalue weighted by atomic mass is 10.1. The van der Waals surface area contributed by atoms with E-state index in [0.717, 1.165) is 12.8 Å². The molecule has 0 aromatic carbocycles. The molecule has 0 rings (SSSR count). The van der Waals surface area contributed by atoms with E-state index in [9.17, 15) is 0 Å². The molecule has 0 radical (unpaired) electrons. The van der Waals surface area contributed by atoms with Crippen molar-refractivity contribution in [3.05, 3.63) is 37.0 Å². The van der Waals surface area contributed by atoms with Crippen LogP contribution in [0.5, 0.6) is 0 Å². The molecule has 0 spiro atoms. The largest absolute Gasteiger partial charge is 0.352 e. The summed E-state index contributed by atoms with van der Waals surface area (Å²) < 4.78 is 0. The molecule has 0 heterocycles. The fraction of sp³-hybridized carbons (Fsp3) is 0.300. The van der Waals surface area contributed by atoms with Gasteiger partial charge in [0.05, 0.1) is 0 Å². The molecule has 3 heteroatoms. The molecule has 3 nitrogen and oxygen atoms in total. The summed E-state index contributed by atoms with van der Waals surface area (Å²) in [5, 5.41) is 0. The topological polar surface area (TPSA) is 69.1 Å². The average molecular weight is 182 g/mol. The van der Waals surface area contributed by atoms with Gasteiger partial charge in [0.2, 0.25) is 0 Å². The molecule has 0 atom stereocenters. The van der Waals surface area contributed by atoms with Crippen molar-refractivity contribution in [2.75, 3.05) is 0 Å². The summed E-state index contributed by atoms with van der Waals surface area (Å²) in [5.74, 6) is 0. The van der Waals surface area contributed by atoms with Crippen molar-refractivity contribution in [3.63, 3.8) is 0 Å². The van der Waals surface area contributed by atoms with Gasteiger partial charge in [-0.15, -0.1) is 13.2 Å². The maximum atomic E-state index is 9.00. The summed E-state index contributed by atoms with van der Waals surface area (Å²) >= 11 is 0. The van der Waals surface area contributed by atoms with Gasteiger partial charge < -0.3 is 11.5 Å². The number of carbonyl (C=O) groups excluding carboxylic acids is 1. The third-order valence-electron chi connectivity index (χ3n) is 1.22. The molecule has 0 aliphatic carbocycles. The van der Waals surface area contributed by atoms with Gasteiger partial charge in [-0.1, -0.05) is 23.8 Å². The van der Waals surface area contributed by atoms with E-state index in [-0.39, 0.29) is 0 Å². The summed E-state index contributed by atoms with van der Waals surface area (Å²) in [7, 11) is 0. The van der Waals surface area contributed by atoms with Gasteiger partial charge in [-0.2, -0.15) is 0 Å². The van der Waals surface area contributed by atoms with E-state index in [4.69, 9.17) is 4.79 Å². The molecule has 74 valence electrons. The Morgan fingerprint density at radius 1 is 1.23 bits per heavy atom. The minimum absolute atomic E-state index is 0.833. The lowest BCUT2D eigenvalue weighted by Crippen LogP contribution is -2.18. The van der Waals surface area contributed by atoms with Crippen LogP contribution in [-0.2, 0) is 0 Å². The van der Waals surface area contributed by atoms with Crippen LogP contribution in [0.4, 0.5) is 4.79 Å². The smallest absolute Gasteiger partial charge is 0.309 e. The summed E-state index contributed by atoms with van der Waals surface area (Å²) in [5.41, 5.74) is 9.89. The fourth-order valence-electron chi connectivity index (χ4n) is 0.690. The van der Waals surface area contributed by atoms with Gasteiger partial charge in [-0.3, -0.25) is 0 Å². The first-order valence-corrected chi connectivity index (χ1v) is 3.99. The Balaban J connectivity index is 0. The molecular formula is C10H18N2O. The SMILES string of the molecule is C=CCC(=CC)CC=C.NC(N)=O. The first-order chi connectivity index (χ1) is 6.08. The highest BCUT2D eigenvalue weighted by atomic mass is 16.2. The zero-order valence-electron chi connectivity index (χ0n) is 8.12. The molecule has 0 fully saturated rings. The quantitative estimate of drug-likeness (QED) is 0.642. The number of carbonyl (C=O) groups is 1. The van der Waals surface area contributed by atoms with Crippen molar-refractivity contribution in [3.8, 4) is 0 Å². The Bertz CT molecular complexity index is 179. The number of hydrogen-bond acceptors (Lipinski definition) is 1. The molecule has 0 saturated heterocycles. The second-order valence-corrected chi connectivity index (χ2v) is 2.33. The zero-order chi connectivity index (χ0) is 10.7. The highest BCUT2D eigenvalue weighted by Crippen LogP contribution is 2.06. The van der Waals surface area contributed by atoms with Crippen molar-refractivity contribution in [2.45, 2.75) is 19.8 Å². The zero-order valence-corrected chi connectivity index (χ0v) is 8.12. The monoisotopic (exact) mass is 182 g/mol. The molecule has 0 aliphatic rings. The fourth-order valence-corrected chi connectivity index (χ4v) is 0.690. The number of allylic oxidation sites excluding steroid dienone is 4. The maximum absolute atomic E-state index is 9.00. The number of urea groups is 1. The molecule has 13 heavy (non-hydrogen) atoms. The Hall–Kier alpha value is -1.51. The Morgan fingerprint density at radius 3 is 1.69 bits per heavy atom. The van der Waals surface area contributed by atoms with E-state index in [1.54, 1.807) is 0 Å². The lowest BCUT2D eigenvalue weighted by Gasteiger charge is -1.96. The standard InChI is InChI=1S/C9H14.CH4N2O/c1-4-7-9(6-3)8-5-2;2-1(3)4/h4-6H,1-2,7-8H2,3H3;(H4,2,3,4). The summed E-state index contributed by atoms with van der Waals surface area (Å²) in [6.07, 6.45) is 7.92. The van der Waals surface area contributed by atoms with Gasteiger partial charge >= 0.3 is 6.03 Å². The van der Waals surface area contributed by atoms with Crippen LogP contribution < -0.4 is 11.5 Å². The maximum Gasteiger partial charge on any atom is 0.309 e. The van der Waals surface area contributed by atoms with Crippen LogP contribution in [0, 0.1) is 0 Å². The first kappa shape index (κ1) is 14.0. The van der Waals surface area contributed by atoms with E-state index in [0.29, 0.717) is 0 Å². The molecule has 0 aromatic rings. The van der Waals surface area contributed by atoms with Gasteiger partial charge in [-0.25, -0.2) is 4.79 Å². The number of hydrogen-bond donors (Lipinski definition) is 2. The van der Waals surface area contributed by atoms with Crippen LogP contribution in [0.15, 0.2) is 37.0 Å². The predicted molar refractivity (Wildman–Crippen MR) is 57.2 cm³/mol. The van der Waals surface area contributed by atoms with Crippen molar-refractivity contribution in [1.82, 2.24) is 0 Å². The van der Waals surface area contributed by atoms with Crippen LogP contribution in [0.25, 0.3) is 0 Å². The summed E-state index contributed by atoms with van der Waals surface area (Å²) in [6, 6.07) is -0.833. The average Bonchev–Trinajstić information content (AvgIpc) is 2.03. The van der Waals surface area contributed by atoms with Gasteiger partial charge in [0.25, 0.3) is 0 Å². The molecule has 0 bridgehead atoms. The summed E-state index contributed by atoms with van der Waals surface area (Å²) in [6.45, 7) is 9.36. The van der Waals surface area contributed by atoms with Gasteiger partial charge in [0.1, 0.15) is 0 Å². The van der Waals surface area contributed by atoms with Crippen LogP contribution in [0.1, 0.15) is 19.8 Å². The minimum atomic E-state index is -0.833. The Labute approximate surface area is 79.8 Å². The highest BCUT2D eigenvalue weighted by molar-refractivity contribution is 5.69. The Kier molecular flexibility index (Phi) is 11.3. The third kappa shape index (κ3) is 18.0. The number of nitrogens with two attached hydrogens (primary N) is 2. The van der Waals surface area contributed by atoms with Gasteiger partial charge in [0.15, 0.2) is 0 Å². The number of primary amides is 2. The van der Waals surface area contributed by atoms with Crippen LogP contribution in [0.2, 0.25) is 0 Å². The van der Waals surface area contributed by atoms with Gasteiger partial charge in [0, 0.05) is 0 Å². The normalized spacial score (nSPS) is 7.46. The van der Waals surface area contributed by atoms with Crippen molar-refractivity contribution in [1.29, 1.82) is 0 Å². The molecule has 0 unspecified atom stereocenters. The number of rotatable bonds is 4. The van der Waals surface area contributed by atoms with E-state index < -0.39 is 6.03 Å². The number of amides is 2. The second-order valence-electron chi connectivity index (χ2n) is 2.33.